The van der Waals surface area contributed by atoms with E-state index in [2.05, 4.69) is 48.1 Å². The van der Waals surface area contributed by atoms with Gasteiger partial charge in [0.05, 0.1) is 46.5 Å². The van der Waals surface area contributed by atoms with Crippen molar-refractivity contribution in [3.8, 4) is 5.75 Å². The molecule has 2 saturated heterocycles. The van der Waals surface area contributed by atoms with Crippen molar-refractivity contribution in [3.05, 3.63) is 118 Å². The molecule has 4 aromatic carbocycles. The average molecular weight is 853 g/mol. The summed E-state index contributed by atoms with van der Waals surface area (Å²) < 4.78 is 13.6. The van der Waals surface area contributed by atoms with Gasteiger partial charge in [0.2, 0.25) is 11.8 Å². The van der Waals surface area contributed by atoms with Crippen LogP contribution >= 0.6 is 15.9 Å². The second-order valence-electron chi connectivity index (χ2n) is 16.3. The van der Waals surface area contributed by atoms with Gasteiger partial charge in [0.25, 0.3) is 5.91 Å². The van der Waals surface area contributed by atoms with Gasteiger partial charge in [-0.05, 0) is 72.0 Å². The zero-order valence-electron chi connectivity index (χ0n) is 33.5. The number of methoxy groups -OCH3 is 1. The van der Waals surface area contributed by atoms with Crippen molar-refractivity contribution in [1.29, 1.82) is 0 Å². The highest BCUT2D eigenvalue weighted by Crippen LogP contribution is 2.60. The highest BCUT2D eigenvalue weighted by molar-refractivity contribution is 9.10. The van der Waals surface area contributed by atoms with Crippen LogP contribution in [0.3, 0.4) is 0 Å². The maximum atomic E-state index is 15.3. The first-order valence-corrected chi connectivity index (χ1v) is 24.1. The normalized spacial score (nSPS) is 22.4. The molecule has 9 nitrogen and oxygen atoms in total. The molecule has 3 amide bonds. The molecule has 0 aliphatic carbocycles. The third-order valence-corrected chi connectivity index (χ3v) is 17.4. The highest BCUT2D eigenvalue weighted by atomic mass is 79.9. The summed E-state index contributed by atoms with van der Waals surface area (Å²) in [5, 5.41) is 11.2. The lowest BCUT2D eigenvalue weighted by atomic mass is 9.82. The molecular formula is C46H54BrN3O6Si. The molecule has 1 spiro atoms. The molecule has 300 valence electrons. The van der Waals surface area contributed by atoms with Crippen LogP contribution < -0.4 is 19.7 Å². The van der Waals surface area contributed by atoms with Gasteiger partial charge >= 0.3 is 0 Å². The van der Waals surface area contributed by atoms with Crippen molar-refractivity contribution in [2.45, 2.75) is 88.9 Å². The molecule has 1 N–H and O–H groups in total. The fourth-order valence-corrected chi connectivity index (χ4v) is 13.9. The summed E-state index contributed by atoms with van der Waals surface area (Å²) in [5.41, 5.74) is 2.93. The molecule has 0 saturated carbocycles. The van der Waals surface area contributed by atoms with Crippen LogP contribution in [0.4, 0.5) is 11.4 Å². The molecule has 4 atom stereocenters. The summed E-state index contributed by atoms with van der Waals surface area (Å²) in [6.45, 7) is 8.19. The summed E-state index contributed by atoms with van der Waals surface area (Å²) in [6, 6.07) is 32.0. The molecule has 2 fully saturated rings. The molecule has 0 radical (unpaired) electrons. The number of carbonyl (C=O) groups is 3. The zero-order chi connectivity index (χ0) is 40.3. The monoisotopic (exact) mass is 851 g/mol. The second kappa shape index (κ2) is 17.3. The quantitative estimate of drug-likeness (QED) is 0.146. The van der Waals surface area contributed by atoms with Crippen molar-refractivity contribution >= 4 is 58.3 Å². The van der Waals surface area contributed by atoms with Crippen molar-refractivity contribution in [3.63, 3.8) is 0 Å². The van der Waals surface area contributed by atoms with E-state index in [4.69, 9.17) is 9.47 Å². The van der Waals surface area contributed by atoms with Crippen molar-refractivity contribution in [2.24, 2.45) is 5.92 Å². The Balaban J connectivity index is 1.24. The van der Waals surface area contributed by atoms with Gasteiger partial charge in [-0.1, -0.05) is 109 Å². The number of aliphatic hydroxyl groups excluding tert-OH is 1. The van der Waals surface area contributed by atoms with E-state index in [1.807, 2.05) is 94.7 Å². The number of ether oxygens (including phenoxy) is 2. The lowest BCUT2D eigenvalue weighted by Crippen LogP contribution is -2.52. The number of amides is 3. The van der Waals surface area contributed by atoms with Crippen LogP contribution in [-0.4, -0.2) is 68.7 Å². The predicted octanol–water partition coefficient (Wildman–Crippen LogP) is 7.93. The van der Waals surface area contributed by atoms with Gasteiger partial charge in [-0.25, -0.2) is 0 Å². The van der Waals surface area contributed by atoms with Gasteiger partial charge in [-0.3, -0.25) is 14.4 Å². The molecule has 3 aliphatic heterocycles. The molecule has 11 heteroatoms. The van der Waals surface area contributed by atoms with Crippen LogP contribution in [0, 0.1) is 5.92 Å². The predicted molar refractivity (Wildman–Crippen MR) is 230 cm³/mol. The Morgan fingerprint density at radius 3 is 2.37 bits per heavy atom. The summed E-state index contributed by atoms with van der Waals surface area (Å²) in [5.74, 6) is 0.383. The Kier molecular flexibility index (Phi) is 12.4. The van der Waals surface area contributed by atoms with E-state index in [0.29, 0.717) is 26.1 Å². The van der Waals surface area contributed by atoms with Crippen LogP contribution in [0.25, 0.3) is 0 Å². The minimum atomic E-state index is -2.51. The van der Waals surface area contributed by atoms with E-state index in [-0.39, 0.29) is 48.8 Å². The highest BCUT2D eigenvalue weighted by Gasteiger charge is 2.66. The number of rotatable bonds is 12. The number of nitrogens with zero attached hydrogens (tertiary/aromatic N) is 3. The van der Waals surface area contributed by atoms with Gasteiger partial charge in [-0.15, -0.1) is 0 Å². The summed E-state index contributed by atoms with van der Waals surface area (Å²) in [4.78, 5) is 48.2. The lowest BCUT2D eigenvalue weighted by Gasteiger charge is -2.37. The molecular weight excluding hydrogens is 799 g/mol. The minimum absolute atomic E-state index is 0.0729. The van der Waals surface area contributed by atoms with Crippen molar-refractivity contribution in [1.82, 2.24) is 4.90 Å². The Hall–Kier alpha value is -4.29. The first-order chi connectivity index (χ1) is 27.5. The number of benzene rings is 4. The molecule has 57 heavy (non-hydrogen) atoms. The summed E-state index contributed by atoms with van der Waals surface area (Å²) in [6.07, 6.45) is 4.20. The van der Waals surface area contributed by atoms with Crippen molar-refractivity contribution in [2.75, 3.05) is 36.6 Å². The van der Waals surface area contributed by atoms with E-state index in [1.165, 1.54) is 5.19 Å². The molecule has 0 aromatic heterocycles. The van der Waals surface area contributed by atoms with Crippen LogP contribution in [0.15, 0.2) is 102 Å². The number of halogens is 1. The summed E-state index contributed by atoms with van der Waals surface area (Å²) >= 11 is 3.71. The number of anilines is 2. The third-order valence-electron chi connectivity index (χ3n) is 12.5. The number of fused-ring (bicyclic) bond motifs is 2. The van der Waals surface area contributed by atoms with E-state index in [0.717, 1.165) is 64.0 Å². The molecule has 4 aromatic rings. The van der Waals surface area contributed by atoms with Gasteiger partial charge < -0.3 is 29.3 Å². The Labute approximate surface area is 346 Å². The Morgan fingerprint density at radius 1 is 0.947 bits per heavy atom. The zero-order valence-corrected chi connectivity index (χ0v) is 36.0. The summed E-state index contributed by atoms with van der Waals surface area (Å²) in [7, 11) is -0.852. The third kappa shape index (κ3) is 8.08. The van der Waals surface area contributed by atoms with Crippen LogP contribution in [0.2, 0.25) is 18.6 Å². The van der Waals surface area contributed by atoms with Gasteiger partial charge in [0.1, 0.15) is 5.75 Å². The van der Waals surface area contributed by atoms with E-state index in [9.17, 15) is 14.7 Å². The largest absolute Gasteiger partial charge is 0.497 e. The average Bonchev–Trinajstić information content (AvgIpc) is 3.62. The molecule has 7 rings (SSSR count). The molecule has 0 bridgehead atoms. The molecule has 3 heterocycles. The molecule has 0 unspecified atom stereocenters. The molecule has 3 aliphatic rings. The van der Waals surface area contributed by atoms with Gasteiger partial charge in [0.15, 0.2) is 5.60 Å². The fraction of sp³-hybridized carbons (Fsp3) is 0.413. The van der Waals surface area contributed by atoms with Crippen LogP contribution in [0.1, 0.15) is 62.1 Å². The van der Waals surface area contributed by atoms with Gasteiger partial charge in [0, 0.05) is 47.7 Å². The maximum absolute atomic E-state index is 15.3. The minimum Gasteiger partial charge on any atom is -0.497 e. The van der Waals surface area contributed by atoms with E-state index >= 15 is 4.79 Å². The van der Waals surface area contributed by atoms with Crippen LogP contribution in [-0.2, 0) is 37.8 Å². The van der Waals surface area contributed by atoms with Gasteiger partial charge in [-0.2, -0.15) is 0 Å². The topological polar surface area (TPSA) is 99.6 Å². The number of hydrogen-bond donors (Lipinski definition) is 1. The first kappa shape index (κ1) is 40.9. The standard InChI is InChI=1S/C46H54BrN3O6Si/c1-32-44(57(3,4)38-22-20-37(55-2)21-23-38)41(29-43(53)48(26-27-51)30-33-12-8-7-9-13-33)56-46(32)39-28-35(47)17-24-40(39)50(45(46)54)31-34-15-18-36(19-16-34)49-25-11-6-5-10-14-42(49)52/h7-9,12-13,15-24,28,32,41,44,51H,5-6,10-11,14,25-27,29-31H2,1-4H3/t32-,41+,44-,46+/m0/s1. The SMILES string of the molecule is COc1ccc([Si](C)(C)[C@@H]2[C@@H](CC(=O)N(CCO)Cc3ccccc3)O[C@]3(C(=O)N(Cc4ccc(N5CCCCCCC5=O)cc4)c4ccc(Br)cc43)[C@H]2C)cc1. The van der Waals surface area contributed by atoms with E-state index in [1.54, 1.807) is 12.0 Å². The second-order valence-corrected chi connectivity index (χ2v) is 21.9. The lowest BCUT2D eigenvalue weighted by molar-refractivity contribution is -0.150. The number of hydrogen-bond acceptors (Lipinski definition) is 6. The maximum Gasteiger partial charge on any atom is 0.264 e. The first-order valence-electron chi connectivity index (χ1n) is 20.2. The number of carbonyl (C=O) groups excluding carboxylic acids is 3. The fourth-order valence-electron chi connectivity index (χ4n) is 9.56. The number of aliphatic hydroxyl groups is 1. The van der Waals surface area contributed by atoms with Crippen molar-refractivity contribution < 1.29 is 29.0 Å². The Bertz CT molecular complexity index is 2060. The smallest absolute Gasteiger partial charge is 0.264 e. The van der Waals surface area contributed by atoms with Crippen LogP contribution in [0.5, 0.6) is 5.75 Å². The van der Waals surface area contributed by atoms with E-state index < -0.39 is 19.8 Å². The Morgan fingerprint density at radius 2 is 1.67 bits per heavy atom.